The average Bonchev–Trinajstić information content (AvgIpc) is 3.25. The van der Waals surface area contributed by atoms with Crippen molar-refractivity contribution in [1.29, 1.82) is 0 Å². The lowest BCUT2D eigenvalue weighted by molar-refractivity contribution is 0.0830. The van der Waals surface area contributed by atoms with Gasteiger partial charge in [-0.15, -0.1) is 0 Å². The summed E-state index contributed by atoms with van der Waals surface area (Å²) in [5, 5.41) is 4.74. The zero-order valence-corrected chi connectivity index (χ0v) is 15.5. The van der Waals surface area contributed by atoms with Gasteiger partial charge < -0.3 is 10.1 Å². The van der Waals surface area contributed by atoms with Crippen LogP contribution in [0.1, 0.15) is 17.6 Å². The second-order valence-electron chi connectivity index (χ2n) is 6.89. The number of carbonyl (C=O) groups excluding carboxylic acids is 1. The first-order chi connectivity index (χ1) is 13.2. The maximum Gasteiger partial charge on any atom is 0.244 e. The minimum atomic E-state index is 0.124. The molecule has 0 bridgehead atoms. The first-order valence-corrected chi connectivity index (χ1v) is 9.31. The quantitative estimate of drug-likeness (QED) is 0.753. The number of fused-ring (bicyclic) bond motifs is 1. The first-order valence-electron chi connectivity index (χ1n) is 9.31. The molecule has 0 unspecified atom stereocenters. The highest BCUT2D eigenvalue weighted by atomic mass is 16.5. The highest BCUT2D eigenvalue weighted by Crippen LogP contribution is 2.31. The largest absolute Gasteiger partial charge is 0.494 e. The molecule has 0 spiro atoms. The van der Waals surface area contributed by atoms with Gasteiger partial charge in [0.1, 0.15) is 11.3 Å². The number of aromatic nitrogens is 2. The summed E-state index contributed by atoms with van der Waals surface area (Å²) in [4.78, 5) is 18.9. The van der Waals surface area contributed by atoms with E-state index in [-0.39, 0.29) is 5.91 Å². The fraction of sp³-hybridized carbons (Fsp3) is 0.333. The van der Waals surface area contributed by atoms with E-state index in [0.29, 0.717) is 12.6 Å². The topological polar surface area (TPSA) is 59.4 Å². The van der Waals surface area contributed by atoms with Gasteiger partial charge in [-0.05, 0) is 49.2 Å². The molecule has 3 heterocycles. The maximum absolute atomic E-state index is 12.2. The predicted octanol–water partition coefficient (Wildman–Crippen LogP) is 3.26. The van der Waals surface area contributed by atoms with Gasteiger partial charge in [0.15, 0.2) is 0 Å². The molecule has 6 heteroatoms. The van der Waals surface area contributed by atoms with Crippen LogP contribution >= 0.6 is 0 Å². The number of ether oxygens (including phenoxy) is 1. The molecular formula is C21H24N4O2. The highest BCUT2D eigenvalue weighted by molar-refractivity contribution is 5.95. The van der Waals surface area contributed by atoms with E-state index in [1.807, 2.05) is 24.3 Å². The van der Waals surface area contributed by atoms with Crippen molar-refractivity contribution in [3.63, 3.8) is 0 Å². The molecule has 2 aromatic heterocycles. The highest BCUT2D eigenvalue weighted by Gasteiger charge is 2.22. The van der Waals surface area contributed by atoms with Crippen molar-refractivity contribution >= 4 is 22.5 Å². The van der Waals surface area contributed by atoms with E-state index in [4.69, 9.17) is 4.74 Å². The fourth-order valence-corrected chi connectivity index (χ4v) is 3.67. The Hall–Kier alpha value is -2.86. The van der Waals surface area contributed by atoms with Crippen molar-refractivity contribution in [2.24, 2.45) is 0 Å². The second-order valence-corrected chi connectivity index (χ2v) is 6.89. The van der Waals surface area contributed by atoms with E-state index < -0.39 is 0 Å². The summed E-state index contributed by atoms with van der Waals surface area (Å²) in [6.45, 7) is 2.30. The predicted molar refractivity (Wildman–Crippen MR) is 106 cm³/mol. The summed E-state index contributed by atoms with van der Waals surface area (Å²) in [5.74, 6) is 0.910. The summed E-state index contributed by atoms with van der Waals surface area (Å²) in [5.41, 5.74) is 1.96. The number of benzene rings is 1. The Morgan fingerprint density at radius 2 is 1.96 bits per heavy atom. The fourth-order valence-electron chi connectivity index (χ4n) is 3.67. The van der Waals surface area contributed by atoms with Crippen LogP contribution in [0.3, 0.4) is 0 Å². The van der Waals surface area contributed by atoms with E-state index in [1.54, 1.807) is 30.3 Å². The number of carbonyl (C=O) groups is 1. The zero-order chi connectivity index (χ0) is 18.6. The van der Waals surface area contributed by atoms with Crippen molar-refractivity contribution in [2.45, 2.75) is 18.9 Å². The smallest absolute Gasteiger partial charge is 0.244 e. The van der Waals surface area contributed by atoms with Gasteiger partial charge in [0.2, 0.25) is 5.91 Å². The molecule has 1 fully saturated rings. The Morgan fingerprint density at radius 1 is 1.19 bits per heavy atom. The van der Waals surface area contributed by atoms with E-state index >= 15 is 0 Å². The van der Waals surface area contributed by atoms with E-state index in [2.05, 4.69) is 27.3 Å². The zero-order valence-electron chi connectivity index (χ0n) is 15.5. The number of nitrogens with zero attached hydrogens (tertiary/aromatic N) is 3. The molecule has 1 aromatic carbocycles. The summed E-state index contributed by atoms with van der Waals surface area (Å²) in [6, 6.07) is 12.2. The van der Waals surface area contributed by atoms with Crippen LogP contribution in [-0.4, -0.2) is 53.1 Å². The minimum absolute atomic E-state index is 0.124. The van der Waals surface area contributed by atoms with Crippen molar-refractivity contribution in [3.05, 3.63) is 55.0 Å². The third kappa shape index (κ3) is 3.80. The lowest BCUT2D eigenvalue weighted by Crippen LogP contribution is -2.42. The molecule has 3 aromatic rings. The van der Waals surface area contributed by atoms with Crippen LogP contribution in [-0.2, 0) is 0 Å². The van der Waals surface area contributed by atoms with Gasteiger partial charge in [-0.25, -0.2) is 0 Å². The number of pyridine rings is 1. The lowest BCUT2D eigenvalue weighted by Gasteiger charge is -2.32. The van der Waals surface area contributed by atoms with Crippen LogP contribution in [0.15, 0.2) is 55.0 Å². The molecule has 1 saturated heterocycles. The molecule has 1 N–H and O–H groups in total. The van der Waals surface area contributed by atoms with Gasteiger partial charge >= 0.3 is 0 Å². The van der Waals surface area contributed by atoms with Crippen LogP contribution in [0.5, 0.6) is 5.75 Å². The van der Waals surface area contributed by atoms with Gasteiger partial charge in [0, 0.05) is 48.8 Å². The molecule has 1 aliphatic rings. The minimum Gasteiger partial charge on any atom is -0.494 e. The van der Waals surface area contributed by atoms with Gasteiger partial charge in [0.05, 0.1) is 13.7 Å². The molecule has 0 aliphatic carbocycles. The van der Waals surface area contributed by atoms with Gasteiger partial charge in [0.25, 0.3) is 0 Å². The third-order valence-corrected chi connectivity index (χ3v) is 5.15. The molecule has 1 aliphatic heterocycles. The normalized spacial score (nSPS) is 15.7. The average molecular weight is 364 g/mol. The Morgan fingerprint density at radius 3 is 2.70 bits per heavy atom. The van der Waals surface area contributed by atoms with E-state index in [9.17, 15) is 4.79 Å². The molecule has 4 rings (SSSR count). The van der Waals surface area contributed by atoms with E-state index in [0.717, 1.165) is 48.3 Å². The number of nitrogens with one attached hydrogen (secondary N) is 1. The van der Waals surface area contributed by atoms with Gasteiger partial charge in [-0.1, -0.05) is 0 Å². The summed E-state index contributed by atoms with van der Waals surface area (Å²) in [7, 11) is 1.67. The van der Waals surface area contributed by atoms with Crippen LogP contribution in [0.25, 0.3) is 10.9 Å². The van der Waals surface area contributed by atoms with Crippen molar-refractivity contribution in [3.8, 4) is 5.75 Å². The molecule has 0 atom stereocenters. The molecule has 27 heavy (non-hydrogen) atoms. The molecule has 6 nitrogen and oxygen atoms in total. The number of rotatable bonds is 5. The molecule has 140 valence electrons. The Kier molecular flexibility index (Phi) is 5.07. The van der Waals surface area contributed by atoms with Crippen LogP contribution in [0, 0.1) is 0 Å². The number of likely N-dealkylation sites (tertiary alicyclic amines) is 1. The lowest BCUT2D eigenvalue weighted by atomic mass is 10.0. The van der Waals surface area contributed by atoms with E-state index in [1.165, 1.54) is 0 Å². The number of hydrogen-bond donors (Lipinski definition) is 1. The SMILES string of the molecule is COc1ccc(NC2CCN(CC(=O)n3cccc3)CC2)c2cccnc12. The third-order valence-electron chi connectivity index (χ3n) is 5.15. The van der Waals surface area contributed by atoms with Crippen molar-refractivity contribution in [1.82, 2.24) is 14.5 Å². The second kappa shape index (κ2) is 7.80. The number of anilines is 1. The summed E-state index contributed by atoms with van der Waals surface area (Å²) in [6.07, 6.45) is 7.41. The van der Waals surface area contributed by atoms with Crippen LogP contribution in [0.4, 0.5) is 5.69 Å². The number of piperidine rings is 1. The first kappa shape index (κ1) is 17.5. The molecule has 0 amide bonds. The molecule has 0 saturated carbocycles. The number of hydrogen-bond acceptors (Lipinski definition) is 5. The summed E-state index contributed by atoms with van der Waals surface area (Å²) >= 11 is 0. The molecule has 0 radical (unpaired) electrons. The molecular weight excluding hydrogens is 340 g/mol. The van der Waals surface area contributed by atoms with Crippen LogP contribution < -0.4 is 10.1 Å². The van der Waals surface area contributed by atoms with Crippen molar-refractivity contribution < 1.29 is 9.53 Å². The number of methoxy groups -OCH3 is 1. The van der Waals surface area contributed by atoms with Crippen LogP contribution in [0.2, 0.25) is 0 Å². The standard InChI is InChI=1S/C21H24N4O2/c1-27-19-7-6-18(17-5-4-10-22-21(17)19)23-16-8-13-24(14-9-16)15-20(26)25-11-2-3-12-25/h2-7,10-12,16,23H,8-9,13-15H2,1H3. The Labute approximate surface area is 158 Å². The van der Waals surface area contributed by atoms with Crippen molar-refractivity contribution in [2.75, 3.05) is 32.1 Å². The van der Waals surface area contributed by atoms with Gasteiger partial charge in [-0.3, -0.25) is 19.2 Å². The summed E-state index contributed by atoms with van der Waals surface area (Å²) < 4.78 is 7.08. The maximum atomic E-state index is 12.2. The Bertz CT molecular complexity index is 915. The Balaban J connectivity index is 1.38. The monoisotopic (exact) mass is 364 g/mol. The van der Waals surface area contributed by atoms with Gasteiger partial charge in [-0.2, -0.15) is 0 Å².